The van der Waals surface area contributed by atoms with Crippen LogP contribution < -0.4 is 0 Å². The molecular formula is C18H24. The highest BCUT2D eigenvalue weighted by Gasteiger charge is 2.06. The molecule has 0 saturated heterocycles. The zero-order chi connectivity index (χ0) is 11.5. The summed E-state index contributed by atoms with van der Waals surface area (Å²) in [5, 5.41) is 2.60. The molecule has 2 aromatic rings. The summed E-state index contributed by atoms with van der Waals surface area (Å²) in [5.74, 6) is 0. The molecule has 0 aliphatic carbocycles. The van der Waals surface area contributed by atoms with E-state index in [1.54, 1.807) is 0 Å². The van der Waals surface area contributed by atoms with Crippen molar-refractivity contribution >= 4 is 16.8 Å². The molecule has 0 heteroatoms. The van der Waals surface area contributed by atoms with Crippen LogP contribution in [0, 0.1) is 6.92 Å². The maximum atomic E-state index is 3.91. The second-order valence-electron chi connectivity index (χ2n) is 3.99. The van der Waals surface area contributed by atoms with Gasteiger partial charge in [0.2, 0.25) is 0 Å². The number of hydrogen-bond acceptors (Lipinski definition) is 0. The van der Waals surface area contributed by atoms with Gasteiger partial charge >= 0.3 is 0 Å². The minimum atomic E-state index is 0. The Hall–Kier alpha value is -1.82. The summed E-state index contributed by atoms with van der Waals surface area (Å²) in [6, 6.07) is 10.7. The van der Waals surface area contributed by atoms with Crippen molar-refractivity contribution in [1.29, 1.82) is 0 Å². The van der Waals surface area contributed by atoms with Crippen molar-refractivity contribution in [3.63, 3.8) is 0 Å². The number of rotatable bonds is 3. The highest BCUT2D eigenvalue weighted by Crippen LogP contribution is 2.26. The Morgan fingerprint density at radius 2 is 1.78 bits per heavy atom. The summed E-state index contributed by atoms with van der Waals surface area (Å²) in [4.78, 5) is 0. The fourth-order valence-electron chi connectivity index (χ4n) is 2.22. The molecule has 2 rings (SSSR count). The van der Waals surface area contributed by atoms with Crippen LogP contribution in [0.3, 0.4) is 0 Å². The molecule has 0 atom stereocenters. The molecule has 0 bridgehead atoms. The Bertz CT molecular complexity index is 547. The van der Waals surface area contributed by atoms with E-state index in [1.807, 2.05) is 12.2 Å². The minimum Gasteiger partial charge on any atom is -0.103 e. The third-order valence-corrected chi connectivity index (χ3v) is 3.01. The van der Waals surface area contributed by atoms with Gasteiger partial charge in [0.15, 0.2) is 0 Å². The average Bonchev–Trinajstić information content (AvgIpc) is 2.30. The predicted molar refractivity (Wildman–Crippen MR) is 86.1 cm³/mol. The van der Waals surface area contributed by atoms with Gasteiger partial charge in [-0.2, -0.15) is 0 Å². The minimum absolute atomic E-state index is 0. The Balaban J connectivity index is 0.00000144. The zero-order valence-corrected chi connectivity index (χ0v) is 9.66. The van der Waals surface area contributed by atoms with Crippen molar-refractivity contribution in [2.75, 3.05) is 0 Å². The molecular weight excluding hydrogens is 216 g/mol. The number of allylic oxidation sites excluding steroid dienone is 1. The molecule has 0 fully saturated rings. The highest BCUT2D eigenvalue weighted by molar-refractivity contribution is 5.89. The van der Waals surface area contributed by atoms with Crippen LogP contribution in [0.25, 0.3) is 16.8 Å². The first-order valence-electron chi connectivity index (χ1n) is 5.52. The van der Waals surface area contributed by atoms with Crippen molar-refractivity contribution in [2.24, 2.45) is 0 Å². The third kappa shape index (κ3) is 2.70. The lowest BCUT2D eigenvalue weighted by molar-refractivity contribution is 1.26. The third-order valence-electron chi connectivity index (χ3n) is 3.01. The lowest BCUT2D eigenvalue weighted by Gasteiger charge is -2.11. The Morgan fingerprint density at radius 3 is 2.39 bits per heavy atom. The first kappa shape index (κ1) is 16.2. The molecule has 0 unspecified atom stereocenters. The maximum absolute atomic E-state index is 3.91. The SMILES string of the molecule is C.C.C=CCc1cc2ccccc2c(C)c1C=C. The van der Waals surface area contributed by atoms with Crippen LogP contribution in [0.4, 0.5) is 0 Å². The van der Waals surface area contributed by atoms with Crippen LogP contribution in [0.5, 0.6) is 0 Å². The fourth-order valence-corrected chi connectivity index (χ4v) is 2.22. The molecule has 96 valence electrons. The van der Waals surface area contributed by atoms with Crippen molar-refractivity contribution in [2.45, 2.75) is 28.2 Å². The smallest absolute Gasteiger partial charge is 0.00939 e. The van der Waals surface area contributed by atoms with Crippen molar-refractivity contribution < 1.29 is 0 Å². The largest absolute Gasteiger partial charge is 0.103 e. The second kappa shape index (κ2) is 6.80. The lowest BCUT2D eigenvalue weighted by Crippen LogP contribution is -1.92. The van der Waals surface area contributed by atoms with E-state index in [4.69, 9.17) is 0 Å². The van der Waals surface area contributed by atoms with Crippen LogP contribution in [0.15, 0.2) is 49.6 Å². The molecule has 0 aliphatic heterocycles. The summed E-state index contributed by atoms with van der Waals surface area (Å²) in [5.41, 5.74) is 3.87. The van der Waals surface area contributed by atoms with Gasteiger partial charge in [-0.05, 0) is 40.8 Å². The van der Waals surface area contributed by atoms with Gasteiger partial charge in [-0.1, -0.05) is 63.9 Å². The van der Waals surface area contributed by atoms with Gasteiger partial charge in [-0.15, -0.1) is 6.58 Å². The number of fused-ring (bicyclic) bond motifs is 1. The number of hydrogen-bond donors (Lipinski definition) is 0. The molecule has 0 amide bonds. The van der Waals surface area contributed by atoms with Gasteiger partial charge in [0.25, 0.3) is 0 Å². The molecule has 0 saturated carbocycles. The summed E-state index contributed by atoms with van der Waals surface area (Å²) < 4.78 is 0. The van der Waals surface area contributed by atoms with Gasteiger partial charge in [-0.3, -0.25) is 0 Å². The molecule has 0 heterocycles. The van der Waals surface area contributed by atoms with E-state index in [0.29, 0.717) is 0 Å². The van der Waals surface area contributed by atoms with Gasteiger partial charge in [0, 0.05) is 0 Å². The van der Waals surface area contributed by atoms with Gasteiger partial charge < -0.3 is 0 Å². The van der Waals surface area contributed by atoms with E-state index in [1.165, 1.54) is 27.5 Å². The molecule has 0 radical (unpaired) electrons. The lowest BCUT2D eigenvalue weighted by atomic mass is 9.93. The first-order chi connectivity index (χ1) is 7.77. The van der Waals surface area contributed by atoms with Crippen LogP contribution in [-0.4, -0.2) is 0 Å². The van der Waals surface area contributed by atoms with E-state index >= 15 is 0 Å². The zero-order valence-electron chi connectivity index (χ0n) is 9.66. The van der Waals surface area contributed by atoms with E-state index in [2.05, 4.69) is 50.4 Å². The summed E-state index contributed by atoms with van der Waals surface area (Å²) in [6.45, 7) is 9.87. The Morgan fingerprint density at radius 1 is 1.11 bits per heavy atom. The fraction of sp³-hybridized carbons (Fsp3) is 0.222. The van der Waals surface area contributed by atoms with Crippen molar-refractivity contribution in [1.82, 2.24) is 0 Å². The first-order valence-corrected chi connectivity index (χ1v) is 5.52. The van der Waals surface area contributed by atoms with Crippen LogP contribution in [-0.2, 0) is 6.42 Å². The topological polar surface area (TPSA) is 0 Å². The van der Waals surface area contributed by atoms with Crippen LogP contribution in [0.1, 0.15) is 31.5 Å². The van der Waals surface area contributed by atoms with Gasteiger partial charge in [0.05, 0.1) is 0 Å². The molecule has 18 heavy (non-hydrogen) atoms. The van der Waals surface area contributed by atoms with Gasteiger partial charge in [-0.25, -0.2) is 0 Å². The van der Waals surface area contributed by atoms with E-state index < -0.39 is 0 Å². The molecule has 0 spiro atoms. The number of benzene rings is 2. The predicted octanol–water partition coefficient (Wildman–Crippen LogP) is 5.79. The molecule has 0 aliphatic rings. The van der Waals surface area contributed by atoms with Crippen molar-refractivity contribution in [3.05, 3.63) is 66.3 Å². The summed E-state index contributed by atoms with van der Waals surface area (Å²) >= 11 is 0. The second-order valence-corrected chi connectivity index (χ2v) is 3.99. The standard InChI is InChI=1S/C16H16.2CH4/c1-4-8-13-11-14-9-6-7-10-16(14)12(3)15(13)5-2;;/h4-7,9-11H,1-2,8H2,3H3;2*1H4. The Labute approximate surface area is 112 Å². The quantitative estimate of drug-likeness (QED) is 0.595. The summed E-state index contributed by atoms with van der Waals surface area (Å²) in [7, 11) is 0. The molecule has 0 N–H and O–H groups in total. The molecule has 0 aromatic heterocycles. The van der Waals surface area contributed by atoms with E-state index in [9.17, 15) is 0 Å². The van der Waals surface area contributed by atoms with Crippen LogP contribution in [0.2, 0.25) is 0 Å². The molecule has 0 nitrogen and oxygen atoms in total. The molecule has 2 aromatic carbocycles. The summed E-state index contributed by atoms with van der Waals surface area (Å²) in [6.07, 6.45) is 4.78. The normalized spacial score (nSPS) is 9.17. The van der Waals surface area contributed by atoms with Gasteiger partial charge in [0.1, 0.15) is 0 Å². The van der Waals surface area contributed by atoms with Crippen LogP contribution >= 0.6 is 0 Å². The highest BCUT2D eigenvalue weighted by atomic mass is 14.1. The van der Waals surface area contributed by atoms with Crippen molar-refractivity contribution in [3.8, 4) is 0 Å². The average molecular weight is 240 g/mol. The number of aryl methyl sites for hydroxylation is 1. The monoisotopic (exact) mass is 240 g/mol. The maximum Gasteiger partial charge on any atom is -0.00939 e. The van der Waals surface area contributed by atoms with E-state index in [0.717, 1.165) is 6.42 Å². The van der Waals surface area contributed by atoms with E-state index in [-0.39, 0.29) is 14.9 Å². The Kier molecular flexibility index (Phi) is 6.12.